The molecule has 1 fully saturated rings. The molecule has 1 aliphatic carbocycles. The van der Waals surface area contributed by atoms with Crippen LogP contribution in [0.4, 0.5) is 26.3 Å². The first kappa shape index (κ1) is 21.6. The number of unbranched alkanes of at least 4 members (excludes halogenated alkanes) is 2. The van der Waals surface area contributed by atoms with Crippen LogP contribution in [0.25, 0.3) is 0 Å². The molecule has 1 nitrogen and oxygen atoms in total. The summed E-state index contributed by atoms with van der Waals surface area (Å²) in [4.78, 5) is 0. The van der Waals surface area contributed by atoms with Crippen molar-refractivity contribution in [3.63, 3.8) is 0 Å². The van der Waals surface area contributed by atoms with Crippen molar-refractivity contribution in [1.82, 2.24) is 0 Å². The fourth-order valence-electron chi connectivity index (χ4n) is 3.61. The first-order valence-electron chi connectivity index (χ1n) is 9.32. The normalized spacial score (nSPS) is 20.4. The number of ether oxygens (including phenoxy) is 1. The van der Waals surface area contributed by atoms with Gasteiger partial charge in [-0.15, -0.1) is 0 Å². The zero-order chi connectivity index (χ0) is 20.0. The van der Waals surface area contributed by atoms with Crippen LogP contribution in [-0.2, 0) is 0 Å². The zero-order valence-electron chi connectivity index (χ0n) is 15.2. The number of alkyl halides is 2. The van der Waals surface area contributed by atoms with Gasteiger partial charge in [0.25, 0.3) is 5.83 Å². The Balaban J connectivity index is 1.98. The van der Waals surface area contributed by atoms with Crippen molar-refractivity contribution in [2.24, 2.45) is 5.92 Å². The van der Waals surface area contributed by atoms with Gasteiger partial charge in [0.1, 0.15) is 0 Å². The van der Waals surface area contributed by atoms with Gasteiger partial charge in [0, 0.05) is 0 Å². The van der Waals surface area contributed by atoms with Gasteiger partial charge in [-0.3, -0.25) is 0 Å². The molecule has 0 N–H and O–H groups in total. The molecule has 0 radical (unpaired) electrons. The van der Waals surface area contributed by atoms with E-state index in [1.54, 1.807) is 0 Å². The van der Waals surface area contributed by atoms with E-state index in [4.69, 9.17) is 0 Å². The van der Waals surface area contributed by atoms with Crippen LogP contribution >= 0.6 is 0 Å². The molecule has 0 spiro atoms. The van der Waals surface area contributed by atoms with E-state index in [9.17, 15) is 26.3 Å². The van der Waals surface area contributed by atoms with E-state index in [0.717, 1.165) is 37.8 Å². The molecule has 0 unspecified atom stereocenters. The maximum Gasteiger partial charge on any atom is 0.459 e. The summed E-state index contributed by atoms with van der Waals surface area (Å²) in [5, 5.41) is 0. The standard InChI is InChI=1S/C20H24F6O/c1-2-3-4-5-13-6-8-14(9-7-13)15-10-11-17(16(21)12-15)27-20(25,26)18(22)19(23)24/h10-14H,2-9H2,1H3. The molecule has 0 aliphatic heterocycles. The number of benzene rings is 1. The highest BCUT2D eigenvalue weighted by molar-refractivity contribution is 5.32. The van der Waals surface area contributed by atoms with Crippen LogP contribution in [0.2, 0.25) is 0 Å². The second-order valence-corrected chi connectivity index (χ2v) is 7.10. The molecular weight excluding hydrogens is 370 g/mol. The predicted octanol–water partition coefficient (Wildman–Crippen LogP) is 7.73. The van der Waals surface area contributed by atoms with E-state index in [-0.39, 0.29) is 5.92 Å². The van der Waals surface area contributed by atoms with Crippen LogP contribution in [0, 0.1) is 11.7 Å². The summed E-state index contributed by atoms with van der Waals surface area (Å²) in [7, 11) is 0. The van der Waals surface area contributed by atoms with Gasteiger partial charge in [0.15, 0.2) is 11.6 Å². The monoisotopic (exact) mass is 394 g/mol. The number of halogens is 6. The molecule has 1 saturated carbocycles. The second kappa shape index (κ2) is 9.51. The molecule has 0 aromatic heterocycles. The molecule has 27 heavy (non-hydrogen) atoms. The third kappa shape index (κ3) is 5.91. The number of rotatable bonds is 8. The van der Waals surface area contributed by atoms with Gasteiger partial charge in [0.05, 0.1) is 0 Å². The predicted molar refractivity (Wildman–Crippen MR) is 91.2 cm³/mol. The third-order valence-corrected chi connectivity index (χ3v) is 5.15. The minimum absolute atomic E-state index is 0.122. The largest absolute Gasteiger partial charge is 0.459 e. The van der Waals surface area contributed by atoms with Crippen molar-refractivity contribution >= 4 is 0 Å². The van der Waals surface area contributed by atoms with Gasteiger partial charge < -0.3 is 4.74 Å². The highest BCUT2D eigenvalue weighted by atomic mass is 19.3. The van der Waals surface area contributed by atoms with E-state index < -0.39 is 29.6 Å². The lowest BCUT2D eigenvalue weighted by atomic mass is 9.77. The van der Waals surface area contributed by atoms with Gasteiger partial charge in [-0.25, -0.2) is 4.39 Å². The Morgan fingerprint density at radius 2 is 1.74 bits per heavy atom. The summed E-state index contributed by atoms with van der Waals surface area (Å²) >= 11 is 0. The molecule has 0 bridgehead atoms. The zero-order valence-corrected chi connectivity index (χ0v) is 15.2. The maximum atomic E-state index is 14.1. The van der Waals surface area contributed by atoms with Crippen LogP contribution in [0.3, 0.4) is 0 Å². The van der Waals surface area contributed by atoms with Crippen molar-refractivity contribution in [1.29, 1.82) is 0 Å². The molecule has 152 valence electrons. The summed E-state index contributed by atoms with van der Waals surface area (Å²) in [6.07, 6.45) is 0.542. The van der Waals surface area contributed by atoms with Gasteiger partial charge in [-0.2, -0.15) is 22.0 Å². The smallest absolute Gasteiger partial charge is 0.424 e. The molecule has 2 rings (SSSR count). The molecule has 1 aromatic carbocycles. The van der Waals surface area contributed by atoms with Crippen LogP contribution in [0.15, 0.2) is 30.1 Å². The van der Waals surface area contributed by atoms with Crippen molar-refractivity contribution in [2.45, 2.75) is 70.3 Å². The van der Waals surface area contributed by atoms with Crippen LogP contribution in [0.1, 0.15) is 69.8 Å². The summed E-state index contributed by atoms with van der Waals surface area (Å²) in [5.41, 5.74) is 0.655. The van der Waals surface area contributed by atoms with Crippen LogP contribution in [0.5, 0.6) is 5.75 Å². The van der Waals surface area contributed by atoms with Gasteiger partial charge in [-0.05, 0) is 55.2 Å². The maximum absolute atomic E-state index is 14.1. The third-order valence-electron chi connectivity index (χ3n) is 5.15. The molecule has 0 amide bonds. The molecule has 0 heterocycles. The quantitative estimate of drug-likeness (QED) is 0.324. The first-order valence-corrected chi connectivity index (χ1v) is 9.32. The average Bonchev–Trinajstić information content (AvgIpc) is 2.63. The second-order valence-electron chi connectivity index (χ2n) is 7.10. The Hall–Kier alpha value is -1.66. The molecule has 1 aliphatic rings. The fraction of sp³-hybridized carbons (Fsp3) is 0.600. The minimum Gasteiger partial charge on any atom is -0.424 e. The van der Waals surface area contributed by atoms with E-state index >= 15 is 0 Å². The number of hydrogen-bond acceptors (Lipinski definition) is 1. The number of hydrogen-bond donors (Lipinski definition) is 0. The molecular formula is C20H24F6O. The lowest BCUT2D eigenvalue weighted by Crippen LogP contribution is -2.26. The fourth-order valence-corrected chi connectivity index (χ4v) is 3.61. The molecule has 7 heteroatoms. The van der Waals surface area contributed by atoms with Crippen molar-refractivity contribution < 1.29 is 31.1 Å². The Kier molecular flexibility index (Phi) is 7.62. The summed E-state index contributed by atoms with van der Waals surface area (Å²) in [6.45, 7) is 2.16. The molecule has 0 atom stereocenters. The van der Waals surface area contributed by atoms with E-state index in [0.29, 0.717) is 11.5 Å². The summed E-state index contributed by atoms with van der Waals surface area (Å²) in [6, 6.07) is 3.44. The topological polar surface area (TPSA) is 9.23 Å². The molecule has 0 saturated heterocycles. The lowest BCUT2D eigenvalue weighted by Gasteiger charge is -2.29. The van der Waals surface area contributed by atoms with Gasteiger partial charge in [-0.1, -0.05) is 38.7 Å². The van der Waals surface area contributed by atoms with E-state index in [1.165, 1.54) is 31.7 Å². The lowest BCUT2D eigenvalue weighted by molar-refractivity contribution is -0.161. The van der Waals surface area contributed by atoms with Gasteiger partial charge >= 0.3 is 12.2 Å². The highest BCUT2D eigenvalue weighted by Crippen LogP contribution is 2.39. The van der Waals surface area contributed by atoms with Crippen LogP contribution in [-0.4, -0.2) is 6.11 Å². The Morgan fingerprint density at radius 3 is 2.30 bits per heavy atom. The van der Waals surface area contributed by atoms with Gasteiger partial charge in [0.2, 0.25) is 0 Å². The Bertz CT molecular complexity index is 646. The average molecular weight is 394 g/mol. The van der Waals surface area contributed by atoms with E-state index in [2.05, 4.69) is 11.7 Å². The molecule has 1 aromatic rings. The first-order chi connectivity index (χ1) is 12.7. The minimum atomic E-state index is -4.92. The Morgan fingerprint density at radius 1 is 1.07 bits per heavy atom. The van der Waals surface area contributed by atoms with E-state index in [1.807, 2.05) is 0 Å². The summed E-state index contributed by atoms with van der Waals surface area (Å²) in [5.74, 6) is -4.31. The van der Waals surface area contributed by atoms with Crippen LogP contribution < -0.4 is 4.74 Å². The van der Waals surface area contributed by atoms with Crippen molar-refractivity contribution in [3.05, 3.63) is 41.5 Å². The summed E-state index contributed by atoms with van der Waals surface area (Å²) < 4.78 is 81.3. The van der Waals surface area contributed by atoms with Crippen molar-refractivity contribution in [2.75, 3.05) is 0 Å². The SMILES string of the molecule is CCCCCC1CCC(c2ccc(OC(F)(F)C(F)=C(F)F)c(F)c2)CC1. The van der Waals surface area contributed by atoms with Crippen molar-refractivity contribution in [3.8, 4) is 5.75 Å². The Labute approximate surface area is 155 Å². The highest BCUT2D eigenvalue weighted by Gasteiger charge is 2.43.